The molecule has 1 N–H and O–H groups in total. The molecule has 32 heavy (non-hydrogen) atoms. The summed E-state index contributed by atoms with van der Waals surface area (Å²) in [5.41, 5.74) is 4.49. The third-order valence-corrected chi connectivity index (χ3v) is 7.93. The zero-order chi connectivity index (χ0) is 22.9. The summed E-state index contributed by atoms with van der Waals surface area (Å²) in [7, 11) is -3.33. The number of hydrogen-bond acceptors (Lipinski definition) is 4. The molecule has 2 heterocycles. The van der Waals surface area contributed by atoms with Crippen molar-refractivity contribution in [2.24, 2.45) is 0 Å². The molecule has 0 radical (unpaired) electrons. The molecule has 2 atom stereocenters. The molecule has 2 unspecified atom stereocenters. The number of carbonyl (C=O) groups is 1. The lowest BCUT2D eigenvalue weighted by Gasteiger charge is -2.33. The summed E-state index contributed by atoms with van der Waals surface area (Å²) in [6.45, 7) is 6.80. The average molecular weight is 456 g/mol. The van der Waals surface area contributed by atoms with Crippen LogP contribution in [0.1, 0.15) is 60.2 Å². The quantitative estimate of drug-likeness (QED) is 0.721. The highest BCUT2D eigenvalue weighted by molar-refractivity contribution is 7.92. The van der Waals surface area contributed by atoms with Gasteiger partial charge >= 0.3 is 0 Å². The fourth-order valence-electron chi connectivity index (χ4n) is 4.92. The summed E-state index contributed by atoms with van der Waals surface area (Å²) in [6.07, 6.45) is 5.72. The van der Waals surface area contributed by atoms with Gasteiger partial charge in [0.05, 0.1) is 11.9 Å². The molecule has 0 spiro atoms. The number of fused-ring (bicyclic) bond motifs is 1. The molecule has 0 aromatic heterocycles. The van der Waals surface area contributed by atoms with Crippen LogP contribution in [0.15, 0.2) is 42.5 Å². The highest BCUT2D eigenvalue weighted by Crippen LogP contribution is 2.34. The molecule has 0 saturated carbocycles. The first-order valence-corrected chi connectivity index (χ1v) is 13.3. The Kier molecular flexibility index (Phi) is 6.58. The molecule has 1 saturated heterocycles. The molecule has 6 nitrogen and oxygen atoms in total. The molecule has 1 amide bonds. The van der Waals surface area contributed by atoms with Crippen LogP contribution in [0.4, 0.5) is 5.69 Å². The molecule has 7 heteroatoms. The van der Waals surface area contributed by atoms with Gasteiger partial charge < -0.3 is 5.32 Å². The van der Waals surface area contributed by atoms with Crippen molar-refractivity contribution in [3.63, 3.8) is 0 Å². The van der Waals surface area contributed by atoms with E-state index in [1.807, 2.05) is 13.0 Å². The van der Waals surface area contributed by atoms with E-state index < -0.39 is 10.0 Å². The maximum Gasteiger partial charge on any atom is 0.251 e. The van der Waals surface area contributed by atoms with Gasteiger partial charge in [-0.1, -0.05) is 30.7 Å². The third kappa shape index (κ3) is 4.99. The van der Waals surface area contributed by atoms with E-state index in [-0.39, 0.29) is 11.9 Å². The smallest absolute Gasteiger partial charge is 0.251 e. The summed E-state index contributed by atoms with van der Waals surface area (Å²) in [5.74, 6) is -0.149. The Morgan fingerprint density at radius 3 is 2.44 bits per heavy atom. The van der Waals surface area contributed by atoms with Gasteiger partial charge in [-0.05, 0) is 74.5 Å². The normalized spacial score (nSPS) is 21.4. The van der Waals surface area contributed by atoms with Crippen molar-refractivity contribution in [2.75, 3.05) is 17.1 Å². The number of amides is 1. The van der Waals surface area contributed by atoms with Crippen LogP contribution < -0.4 is 9.62 Å². The van der Waals surface area contributed by atoms with E-state index in [0.29, 0.717) is 30.3 Å². The molecule has 4 rings (SSSR count). The Morgan fingerprint density at radius 1 is 1.03 bits per heavy atom. The van der Waals surface area contributed by atoms with Gasteiger partial charge in [0.25, 0.3) is 5.91 Å². The predicted molar refractivity (Wildman–Crippen MR) is 128 cm³/mol. The number of benzene rings is 2. The average Bonchev–Trinajstić information content (AvgIpc) is 3.10. The van der Waals surface area contributed by atoms with Crippen molar-refractivity contribution in [3.8, 4) is 0 Å². The second-order valence-electron chi connectivity index (χ2n) is 9.27. The van der Waals surface area contributed by atoms with Crippen LogP contribution >= 0.6 is 0 Å². The summed E-state index contributed by atoms with van der Waals surface area (Å²) >= 11 is 0. The van der Waals surface area contributed by atoms with Gasteiger partial charge in [-0.3, -0.25) is 14.0 Å². The van der Waals surface area contributed by atoms with Crippen LogP contribution in [0.25, 0.3) is 0 Å². The highest BCUT2D eigenvalue weighted by Gasteiger charge is 2.32. The maximum atomic E-state index is 12.7. The van der Waals surface area contributed by atoms with Crippen LogP contribution in [-0.2, 0) is 29.5 Å². The number of nitrogens with zero attached hydrogens (tertiary/aromatic N) is 2. The van der Waals surface area contributed by atoms with Gasteiger partial charge in [-0.15, -0.1) is 0 Å². The van der Waals surface area contributed by atoms with Gasteiger partial charge in [-0.2, -0.15) is 0 Å². The summed E-state index contributed by atoms with van der Waals surface area (Å²) < 4.78 is 25.6. The molecule has 1 fully saturated rings. The van der Waals surface area contributed by atoms with Gasteiger partial charge in [0.1, 0.15) is 0 Å². The predicted octanol–water partition coefficient (Wildman–Crippen LogP) is 3.70. The molecular weight excluding hydrogens is 422 g/mol. The van der Waals surface area contributed by atoms with E-state index in [1.165, 1.54) is 41.9 Å². The van der Waals surface area contributed by atoms with Crippen LogP contribution in [-0.4, -0.2) is 44.1 Å². The topological polar surface area (TPSA) is 69.7 Å². The van der Waals surface area contributed by atoms with Crippen molar-refractivity contribution in [2.45, 2.75) is 64.7 Å². The summed E-state index contributed by atoms with van der Waals surface area (Å²) in [4.78, 5) is 15.2. The largest absolute Gasteiger partial charge is 0.348 e. The fraction of sp³-hybridized carbons (Fsp3) is 0.480. The van der Waals surface area contributed by atoms with E-state index in [2.05, 4.69) is 41.4 Å². The Morgan fingerprint density at radius 2 is 1.75 bits per heavy atom. The molecule has 0 aliphatic carbocycles. The van der Waals surface area contributed by atoms with Crippen molar-refractivity contribution in [1.29, 1.82) is 0 Å². The van der Waals surface area contributed by atoms with E-state index >= 15 is 0 Å². The van der Waals surface area contributed by atoms with Gasteiger partial charge in [0, 0.05) is 30.7 Å². The van der Waals surface area contributed by atoms with Crippen molar-refractivity contribution in [1.82, 2.24) is 10.2 Å². The maximum absolute atomic E-state index is 12.7. The first kappa shape index (κ1) is 22.8. The lowest BCUT2D eigenvalue weighted by atomic mass is 10.0. The zero-order valence-corrected chi connectivity index (χ0v) is 20.0. The Bertz CT molecular complexity index is 1080. The summed E-state index contributed by atoms with van der Waals surface area (Å²) in [6, 6.07) is 14.2. The monoisotopic (exact) mass is 455 g/mol. The van der Waals surface area contributed by atoms with Crippen LogP contribution in [0.5, 0.6) is 0 Å². The van der Waals surface area contributed by atoms with Gasteiger partial charge in [-0.25, -0.2) is 8.42 Å². The summed E-state index contributed by atoms with van der Waals surface area (Å²) in [5, 5.41) is 2.99. The van der Waals surface area contributed by atoms with E-state index in [0.717, 1.165) is 17.7 Å². The standard InChI is InChI=1S/C25H33N3O3S/c1-18-6-4-5-13-27(18)17-21-9-7-20(8-10-21)16-26-25(29)22-11-12-24-23(15-22)14-19(2)28(24)32(3,30)31/h7-12,15,18-19H,4-6,13-14,16-17H2,1-3H3,(H,26,29). The van der Waals surface area contributed by atoms with Crippen molar-refractivity contribution < 1.29 is 13.2 Å². The van der Waals surface area contributed by atoms with Crippen LogP contribution in [0.2, 0.25) is 0 Å². The minimum absolute atomic E-state index is 0.134. The van der Waals surface area contributed by atoms with Crippen molar-refractivity contribution in [3.05, 3.63) is 64.7 Å². The van der Waals surface area contributed by atoms with Gasteiger partial charge in [0.15, 0.2) is 0 Å². The Labute approximate surface area is 191 Å². The molecule has 2 aromatic rings. The zero-order valence-electron chi connectivity index (χ0n) is 19.2. The minimum Gasteiger partial charge on any atom is -0.348 e. The van der Waals surface area contributed by atoms with Crippen LogP contribution in [0, 0.1) is 0 Å². The first-order valence-electron chi connectivity index (χ1n) is 11.4. The number of carbonyl (C=O) groups excluding carboxylic acids is 1. The highest BCUT2D eigenvalue weighted by atomic mass is 32.2. The number of likely N-dealkylation sites (tertiary alicyclic amines) is 1. The molecular formula is C25H33N3O3S. The molecule has 172 valence electrons. The molecule has 2 aliphatic heterocycles. The number of hydrogen-bond donors (Lipinski definition) is 1. The number of nitrogens with one attached hydrogen (secondary N) is 1. The van der Waals surface area contributed by atoms with Gasteiger partial charge in [0.2, 0.25) is 10.0 Å². The fourth-order valence-corrected chi connectivity index (χ4v) is 6.19. The third-order valence-electron chi connectivity index (χ3n) is 6.65. The van der Waals surface area contributed by atoms with E-state index in [4.69, 9.17) is 0 Å². The first-order chi connectivity index (χ1) is 15.2. The second-order valence-corrected chi connectivity index (χ2v) is 11.1. The van der Waals surface area contributed by atoms with E-state index in [1.54, 1.807) is 12.1 Å². The number of sulfonamides is 1. The second kappa shape index (κ2) is 9.24. The molecule has 0 bridgehead atoms. The molecule has 2 aliphatic rings. The van der Waals surface area contributed by atoms with Crippen LogP contribution in [0.3, 0.4) is 0 Å². The number of piperidine rings is 1. The lowest BCUT2D eigenvalue weighted by molar-refractivity contribution is 0.0951. The Hall–Kier alpha value is -2.38. The lowest BCUT2D eigenvalue weighted by Crippen LogP contribution is -2.36. The molecule has 2 aromatic carbocycles. The minimum atomic E-state index is -3.33. The number of anilines is 1. The Balaban J connectivity index is 1.36. The SMILES string of the molecule is CC1CCCCN1Cc1ccc(CNC(=O)c2ccc3c(c2)CC(C)N3S(C)(=O)=O)cc1. The number of rotatable bonds is 6. The van der Waals surface area contributed by atoms with E-state index in [9.17, 15) is 13.2 Å². The van der Waals surface area contributed by atoms with Crippen molar-refractivity contribution >= 4 is 21.6 Å².